The molecule has 1 N–H and O–H groups in total. The lowest BCUT2D eigenvalue weighted by Gasteiger charge is -2.13. The van der Waals surface area contributed by atoms with Crippen molar-refractivity contribution in [3.8, 4) is 17.3 Å². The van der Waals surface area contributed by atoms with Crippen LogP contribution in [0.4, 0.5) is 10.1 Å². The molecule has 4 heterocycles. The minimum Gasteiger partial charge on any atom is -0.435 e. The molecule has 0 aliphatic heterocycles. The van der Waals surface area contributed by atoms with E-state index in [0.29, 0.717) is 16.7 Å². The molecule has 38 heavy (non-hydrogen) atoms. The SMILES string of the molecule is Cn1ccc2c(Oc3ccc(NC(=O)c4cn(-c5ccccc5)c5ncccc5c4=O)cc3F)ncnc21. The van der Waals surface area contributed by atoms with Gasteiger partial charge in [-0.25, -0.2) is 19.3 Å². The van der Waals surface area contributed by atoms with E-state index in [2.05, 4.69) is 20.3 Å². The Hall–Kier alpha value is -5.38. The van der Waals surface area contributed by atoms with E-state index in [0.717, 1.165) is 11.8 Å². The number of para-hydroxylation sites is 1. The summed E-state index contributed by atoms with van der Waals surface area (Å²) < 4.78 is 24.1. The molecule has 0 aliphatic rings. The summed E-state index contributed by atoms with van der Waals surface area (Å²) in [5.41, 5.74) is 1.37. The number of ether oxygens (including phenoxy) is 1. The van der Waals surface area contributed by atoms with E-state index < -0.39 is 17.2 Å². The van der Waals surface area contributed by atoms with E-state index in [1.165, 1.54) is 24.7 Å². The molecule has 0 aliphatic carbocycles. The van der Waals surface area contributed by atoms with Crippen LogP contribution in [-0.4, -0.2) is 30.0 Å². The Morgan fingerprint density at radius 3 is 2.61 bits per heavy atom. The molecule has 186 valence electrons. The van der Waals surface area contributed by atoms with Crippen molar-refractivity contribution in [3.63, 3.8) is 0 Å². The summed E-state index contributed by atoms with van der Waals surface area (Å²) in [5.74, 6) is -1.26. The van der Waals surface area contributed by atoms with Crippen molar-refractivity contribution < 1.29 is 13.9 Å². The fourth-order valence-electron chi connectivity index (χ4n) is 4.21. The van der Waals surface area contributed by atoms with Gasteiger partial charge in [-0.3, -0.25) is 9.59 Å². The lowest BCUT2D eigenvalue weighted by molar-refractivity contribution is 0.102. The average molecular weight is 506 g/mol. The number of anilines is 1. The maximum atomic E-state index is 15.0. The van der Waals surface area contributed by atoms with Crippen LogP contribution in [0.2, 0.25) is 0 Å². The number of carbonyl (C=O) groups is 1. The van der Waals surface area contributed by atoms with Gasteiger partial charge < -0.3 is 19.2 Å². The molecule has 0 atom stereocenters. The zero-order chi connectivity index (χ0) is 26.2. The van der Waals surface area contributed by atoms with Crippen LogP contribution >= 0.6 is 0 Å². The maximum Gasteiger partial charge on any atom is 0.261 e. The first-order valence-electron chi connectivity index (χ1n) is 11.6. The highest BCUT2D eigenvalue weighted by atomic mass is 19.1. The predicted molar refractivity (Wildman–Crippen MR) is 140 cm³/mol. The van der Waals surface area contributed by atoms with E-state index in [-0.39, 0.29) is 28.3 Å². The number of pyridine rings is 2. The fourth-order valence-corrected chi connectivity index (χ4v) is 4.21. The van der Waals surface area contributed by atoms with Crippen LogP contribution in [0.15, 0.2) is 96.4 Å². The summed E-state index contributed by atoms with van der Waals surface area (Å²) in [6, 6.07) is 18.3. The van der Waals surface area contributed by atoms with Gasteiger partial charge in [0.25, 0.3) is 5.91 Å². The topological polar surface area (TPSA) is 104 Å². The predicted octanol–water partition coefficient (Wildman–Crippen LogP) is 4.85. The summed E-state index contributed by atoms with van der Waals surface area (Å²) in [4.78, 5) is 39.0. The van der Waals surface area contributed by atoms with E-state index in [4.69, 9.17) is 4.74 Å². The first kappa shape index (κ1) is 23.0. The first-order valence-corrected chi connectivity index (χ1v) is 11.6. The third kappa shape index (κ3) is 4.03. The summed E-state index contributed by atoms with van der Waals surface area (Å²) >= 11 is 0. The number of amides is 1. The van der Waals surface area contributed by atoms with Crippen molar-refractivity contribution >= 4 is 33.7 Å². The Balaban J connectivity index is 1.31. The summed E-state index contributed by atoms with van der Waals surface area (Å²) in [6.07, 6.45) is 6.16. The molecule has 4 aromatic heterocycles. The fraction of sp³-hybridized carbons (Fsp3) is 0.0357. The number of nitrogens with one attached hydrogen (secondary N) is 1. The van der Waals surface area contributed by atoms with Gasteiger partial charge in [-0.05, 0) is 42.5 Å². The number of aryl methyl sites for hydroxylation is 1. The van der Waals surface area contributed by atoms with Crippen LogP contribution in [-0.2, 0) is 7.05 Å². The summed E-state index contributed by atoms with van der Waals surface area (Å²) in [5, 5.41) is 3.53. The third-order valence-corrected chi connectivity index (χ3v) is 6.06. The number of hydrogen-bond donors (Lipinski definition) is 1. The molecule has 0 fully saturated rings. The zero-order valence-electron chi connectivity index (χ0n) is 20.0. The van der Waals surface area contributed by atoms with Crippen molar-refractivity contribution in [2.45, 2.75) is 0 Å². The minimum atomic E-state index is -0.713. The van der Waals surface area contributed by atoms with Crippen molar-refractivity contribution in [2.24, 2.45) is 7.05 Å². The number of fused-ring (bicyclic) bond motifs is 2. The smallest absolute Gasteiger partial charge is 0.261 e. The van der Waals surface area contributed by atoms with E-state index >= 15 is 0 Å². The summed E-state index contributed by atoms with van der Waals surface area (Å²) in [7, 11) is 1.83. The van der Waals surface area contributed by atoms with E-state index in [9.17, 15) is 14.0 Å². The monoisotopic (exact) mass is 506 g/mol. The molecule has 0 saturated heterocycles. The van der Waals surface area contributed by atoms with Crippen LogP contribution in [0, 0.1) is 5.82 Å². The molecule has 0 saturated carbocycles. The second-order valence-corrected chi connectivity index (χ2v) is 8.50. The number of rotatable bonds is 5. The van der Waals surface area contributed by atoms with Crippen LogP contribution in [0.3, 0.4) is 0 Å². The molecule has 0 radical (unpaired) electrons. The molecular formula is C28H19FN6O3. The van der Waals surface area contributed by atoms with E-state index in [1.54, 1.807) is 39.7 Å². The van der Waals surface area contributed by atoms with Crippen molar-refractivity contribution in [1.82, 2.24) is 24.1 Å². The largest absolute Gasteiger partial charge is 0.435 e. The number of carbonyl (C=O) groups excluding carboxylic acids is 1. The van der Waals surface area contributed by atoms with Gasteiger partial charge in [-0.2, -0.15) is 0 Å². The molecule has 9 nitrogen and oxygen atoms in total. The Kier molecular flexibility index (Phi) is 5.61. The second-order valence-electron chi connectivity index (χ2n) is 8.50. The Morgan fingerprint density at radius 1 is 0.947 bits per heavy atom. The number of nitrogens with zero attached hydrogens (tertiary/aromatic N) is 5. The molecule has 2 aromatic carbocycles. The summed E-state index contributed by atoms with van der Waals surface area (Å²) in [6.45, 7) is 0. The second kappa shape index (κ2) is 9.25. The van der Waals surface area contributed by atoms with Crippen LogP contribution in [0.1, 0.15) is 10.4 Å². The molecule has 6 aromatic rings. The minimum absolute atomic E-state index is 0.0740. The van der Waals surface area contributed by atoms with Crippen LogP contribution < -0.4 is 15.5 Å². The van der Waals surface area contributed by atoms with Gasteiger partial charge in [-0.15, -0.1) is 0 Å². The number of hydrogen-bond acceptors (Lipinski definition) is 6. The highest BCUT2D eigenvalue weighted by Gasteiger charge is 2.18. The average Bonchev–Trinajstić information content (AvgIpc) is 3.32. The highest BCUT2D eigenvalue weighted by Crippen LogP contribution is 2.30. The molecule has 0 spiro atoms. The number of benzene rings is 2. The van der Waals surface area contributed by atoms with Crippen LogP contribution in [0.25, 0.3) is 27.8 Å². The standard InChI is InChI=1S/C28H19FN6O3/c1-34-13-11-20-25(34)31-16-32-28(20)38-23-10-9-17(14-22(23)29)33-27(37)21-15-35(18-6-3-2-4-7-18)26-19(24(21)36)8-5-12-30-26/h2-16H,1H3,(H,33,37). The van der Waals surface area contributed by atoms with Gasteiger partial charge in [0.1, 0.15) is 23.2 Å². The van der Waals surface area contributed by atoms with Gasteiger partial charge >= 0.3 is 0 Å². The lowest BCUT2D eigenvalue weighted by atomic mass is 10.1. The maximum absolute atomic E-state index is 15.0. The number of halogens is 1. The highest BCUT2D eigenvalue weighted by molar-refractivity contribution is 6.05. The van der Waals surface area contributed by atoms with Crippen molar-refractivity contribution in [2.75, 3.05) is 5.32 Å². The molecule has 10 heteroatoms. The zero-order valence-corrected chi connectivity index (χ0v) is 20.0. The van der Waals surface area contributed by atoms with Crippen molar-refractivity contribution in [3.05, 3.63) is 113 Å². The van der Waals surface area contributed by atoms with Gasteiger partial charge in [0.2, 0.25) is 11.3 Å². The van der Waals surface area contributed by atoms with E-state index in [1.807, 2.05) is 37.4 Å². The Morgan fingerprint density at radius 2 is 1.79 bits per heavy atom. The first-order chi connectivity index (χ1) is 18.5. The van der Waals surface area contributed by atoms with Crippen LogP contribution in [0.5, 0.6) is 11.6 Å². The quantitative estimate of drug-likeness (QED) is 0.359. The Labute approximate surface area is 214 Å². The van der Waals surface area contributed by atoms with Gasteiger partial charge in [0.05, 0.1) is 10.8 Å². The molecule has 0 bridgehead atoms. The van der Waals surface area contributed by atoms with Gasteiger partial charge in [0.15, 0.2) is 11.6 Å². The Bertz CT molecular complexity index is 1900. The third-order valence-electron chi connectivity index (χ3n) is 6.06. The molecule has 0 unspecified atom stereocenters. The molecule has 1 amide bonds. The molecular weight excluding hydrogens is 487 g/mol. The van der Waals surface area contributed by atoms with Gasteiger partial charge in [-0.1, -0.05) is 18.2 Å². The normalized spacial score (nSPS) is 11.1. The van der Waals surface area contributed by atoms with Crippen molar-refractivity contribution in [1.29, 1.82) is 0 Å². The lowest BCUT2D eigenvalue weighted by Crippen LogP contribution is -2.24. The number of aromatic nitrogens is 5. The molecule has 6 rings (SSSR count). The van der Waals surface area contributed by atoms with Gasteiger partial charge in [0, 0.05) is 43.1 Å².